The largest absolute Gasteiger partial charge is 0.417 e. The summed E-state index contributed by atoms with van der Waals surface area (Å²) >= 11 is 5.91. The van der Waals surface area contributed by atoms with Gasteiger partial charge in [0, 0.05) is 25.3 Å². The molecule has 0 aromatic carbocycles. The van der Waals surface area contributed by atoms with E-state index in [0.29, 0.717) is 25.9 Å². The molecule has 2 rings (SSSR count). The monoisotopic (exact) mass is 357 g/mol. The number of alkyl halides is 3. The van der Waals surface area contributed by atoms with E-state index in [-0.39, 0.29) is 16.9 Å². The summed E-state index contributed by atoms with van der Waals surface area (Å²) in [4.78, 5) is 5.49. The number of piperidine rings is 1. The number of pyridine rings is 1. The maximum absolute atomic E-state index is 12.6. The molecule has 0 aliphatic carbocycles. The average molecular weight is 358 g/mol. The fourth-order valence-electron chi connectivity index (χ4n) is 2.39. The molecule has 0 saturated carbocycles. The number of rotatable bonds is 3. The van der Waals surface area contributed by atoms with Crippen molar-refractivity contribution in [3.8, 4) is 0 Å². The van der Waals surface area contributed by atoms with Crippen LogP contribution in [0.2, 0.25) is 5.02 Å². The van der Waals surface area contributed by atoms with Gasteiger partial charge in [-0.25, -0.2) is 18.1 Å². The van der Waals surface area contributed by atoms with Gasteiger partial charge in [-0.15, -0.1) is 0 Å². The predicted octanol–water partition coefficient (Wildman–Crippen LogP) is 2.27. The Labute approximate surface area is 131 Å². The number of aromatic nitrogens is 1. The van der Waals surface area contributed by atoms with Gasteiger partial charge in [0.15, 0.2) is 0 Å². The van der Waals surface area contributed by atoms with Crippen molar-refractivity contribution in [1.82, 2.24) is 9.71 Å². The van der Waals surface area contributed by atoms with E-state index < -0.39 is 21.8 Å². The Kier molecular flexibility index (Phi) is 4.88. The molecule has 0 unspecified atom stereocenters. The van der Waals surface area contributed by atoms with Crippen molar-refractivity contribution in [3.05, 3.63) is 22.8 Å². The highest BCUT2D eigenvalue weighted by Gasteiger charge is 2.32. The molecule has 0 spiro atoms. The topological polar surface area (TPSA) is 62.3 Å². The fourth-order valence-corrected chi connectivity index (χ4v) is 3.47. The number of hydrogen-bond acceptors (Lipinski definition) is 4. The van der Waals surface area contributed by atoms with Crippen LogP contribution < -0.4 is 9.62 Å². The van der Waals surface area contributed by atoms with E-state index in [1.54, 1.807) is 4.90 Å². The quantitative estimate of drug-likeness (QED) is 0.901. The molecule has 5 nitrogen and oxygen atoms in total. The molecular weight excluding hydrogens is 343 g/mol. The van der Waals surface area contributed by atoms with E-state index in [4.69, 9.17) is 11.6 Å². The molecular formula is C12H15ClF3N3O2S. The van der Waals surface area contributed by atoms with Gasteiger partial charge in [0.25, 0.3) is 0 Å². The Morgan fingerprint density at radius 1 is 1.45 bits per heavy atom. The van der Waals surface area contributed by atoms with Gasteiger partial charge >= 0.3 is 6.18 Å². The first-order valence-electron chi connectivity index (χ1n) is 6.51. The molecule has 1 atom stereocenters. The number of halogens is 4. The molecule has 1 aromatic heterocycles. The van der Waals surface area contributed by atoms with Crippen molar-refractivity contribution in [2.75, 3.05) is 24.2 Å². The molecule has 22 heavy (non-hydrogen) atoms. The van der Waals surface area contributed by atoms with Crippen molar-refractivity contribution >= 4 is 27.4 Å². The van der Waals surface area contributed by atoms with E-state index in [1.165, 1.54) is 0 Å². The van der Waals surface area contributed by atoms with E-state index in [2.05, 4.69) is 9.71 Å². The van der Waals surface area contributed by atoms with Crippen molar-refractivity contribution in [2.45, 2.75) is 25.1 Å². The third-order valence-electron chi connectivity index (χ3n) is 3.25. The number of nitrogens with zero attached hydrogens (tertiary/aromatic N) is 2. The van der Waals surface area contributed by atoms with E-state index in [0.717, 1.165) is 18.5 Å². The van der Waals surface area contributed by atoms with Crippen LogP contribution in [0.4, 0.5) is 19.0 Å². The lowest BCUT2D eigenvalue weighted by atomic mass is 10.1. The summed E-state index contributed by atoms with van der Waals surface area (Å²) in [6.07, 6.45) is -1.37. The molecule has 1 aromatic rings. The van der Waals surface area contributed by atoms with Crippen LogP contribution in [-0.4, -0.2) is 38.8 Å². The summed E-state index contributed by atoms with van der Waals surface area (Å²) in [5, 5.41) is -0.102. The summed E-state index contributed by atoms with van der Waals surface area (Å²) in [6.45, 7) is 0.866. The number of hydrogen-bond donors (Lipinski definition) is 1. The Bertz CT molecular complexity index is 652. The minimum atomic E-state index is -4.50. The van der Waals surface area contributed by atoms with Gasteiger partial charge in [0.2, 0.25) is 10.0 Å². The summed E-state index contributed by atoms with van der Waals surface area (Å²) in [6, 6.07) is 0.515. The van der Waals surface area contributed by atoms with Gasteiger partial charge in [0.1, 0.15) is 5.82 Å². The minimum absolute atomic E-state index is 0.102. The van der Waals surface area contributed by atoms with E-state index in [1.807, 2.05) is 0 Å². The van der Waals surface area contributed by atoms with Crippen LogP contribution >= 0.6 is 11.6 Å². The Morgan fingerprint density at radius 3 is 2.68 bits per heavy atom. The zero-order valence-corrected chi connectivity index (χ0v) is 13.3. The Balaban J connectivity index is 2.17. The Morgan fingerprint density at radius 2 is 2.14 bits per heavy atom. The number of nitrogens with one attached hydrogen (secondary N) is 1. The van der Waals surface area contributed by atoms with Gasteiger partial charge < -0.3 is 4.90 Å². The molecule has 1 N–H and O–H groups in total. The second-order valence-corrected chi connectivity index (χ2v) is 7.39. The fraction of sp³-hybridized carbons (Fsp3) is 0.583. The lowest BCUT2D eigenvalue weighted by Crippen LogP contribution is -2.47. The third kappa shape index (κ3) is 4.47. The molecule has 10 heteroatoms. The second-order valence-electron chi connectivity index (χ2n) is 5.20. The first-order chi connectivity index (χ1) is 10.1. The average Bonchev–Trinajstić information content (AvgIpc) is 2.35. The molecule has 1 saturated heterocycles. The minimum Gasteiger partial charge on any atom is -0.354 e. The standard InChI is InChI=1S/C12H15ClF3N3O2S/c1-22(20,21)18-9-3-2-4-19(7-9)11-10(13)5-8(6-17-11)12(14,15)16/h5-6,9,18H,2-4,7H2,1H3/t9-/m1/s1. The summed E-state index contributed by atoms with van der Waals surface area (Å²) in [5.41, 5.74) is -0.913. The molecule has 1 fully saturated rings. The SMILES string of the molecule is CS(=O)(=O)N[C@@H]1CCCN(c2ncc(C(F)(F)F)cc2Cl)C1. The zero-order valence-electron chi connectivity index (χ0n) is 11.7. The van der Waals surface area contributed by atoms with Gasteiger partial charge in [-0.1, -0.05) is 11.6 Å². The second kappa shape index (κ2) is 6.21. The maximum atomic E-state index is 12.6. The molecule has 1 aliphatic heterocycles. The molecule has 0 bridgehead atoms. The van der Waals surface area contributed by atoms with E-state index in [9.17, 15) is 21.6 Å². The molecule has 2 heterocycles. The van der Waals surface area contributed by atoms with Crippen LogP contribution in [0.3, 0.4) is 0 Å². The van der Waals surface area contributed by atoms with Gasteiger partial charge in [-0.3, -0.25) is 0 Å². The summed E-state index contributed by atoms with van der Waals surface area (Å²) < 4.78 is 62.8. The first kappa shape index (κ1) is 17.3. The Hall–Kier alpha value is -1.06. The van der Waals surface area contributed by atoms with Crippen LogP contribution in [-0.2, 0) is 16.2 Å². The highest BCUT2D eigenvalue weighted by Crippen LogP contribution is 2.34. The molecule has 124 valence electrons. The van der Waals surface area contributed by atoms with Crippen LogP contribution in [0.5, 0.6) is 0 Å². The third-order valence-corrected chi connectivity index (χ3v) is 4.29. The summed E-state index contributed by atoms with van der Waals surface area (Å²) in [5.74, 6) is 0.231. The van der Waals surface area contributed by atoms with Gasteiger partial charge in [0.05, 0.1) is 16.8 Å². The number of sulfonamides is 1. The van der Waals surface area contributed by atoms with Crippen LogP contribution in [0.15, 0.2) is 12.3 Å². The first-order valence-corrected chi connectivity index (χ1v) is 8.78. The van der Waals surface area contributed by atoms with Crippen molar-refractivity contribution in [1.29, 1.82) is 0 Å². The van der Waals surface area contributed by atoms with Crippen LogP contribution in [0, 0.1) is 0 Å². The summed E-state index contributed by atoms with van der Waals surface area (Å²) in [7, 11) is -3.34. The number of anilines is 1. The zero-order chi connectivity index (χ0) is 16.5. The highest BCUT2D eigenvalue weighted by atomic mass is 35.5. The van der Waals surface area contributed by atoms with Gasteiger partial charge in [-0.2, -0.15) is 13.2 Å². The van der Waals surface area contributed by atoms with Crippen LogP contribution in [0.25, 0.3) is 0 Å². The van der Waals surface area contributed by atoms with Crippen molar-refractivity contribution in [3.63, 3.8) is 0 Å². The predicted molar refractivity (Wildman–Crippen MR) is 77.5 cm³/mol. The maximum Gasteiger partial charge on any atom is 0.417 e. The van der Waals surface area contributed by atoms with Gasteiger partial charge in [-0.05, 0) is 18.9 Å². The molecule has 0 radical (unpaired) electrons. The highest BCUT2D eigenvalue weighted by molar-refractivity contribution is 7.88. The molecule has 0 amide bonds. The van der Waals surface area contributed by atoms with Crippen molar-refractivity contribution in [2.24, 2.45) is 0 Å². The molecule has 1 aliphatic rings. The normalized spacial score (nSPS) is 20.2. The van der Waals surface area contributed by atoms with Crippen molar-refractivity contribution < 1.29 is 21.6 Å². The van der Waals surface area contributed by atoms with E-state index >= 15 is 0 Å². The lowest BCUT2D eigenvalue weighted by molar-refractivity contribution is -0.137. The smallest absolute Gasteiger partial charge is 0.354 e. The lowest BCUT2D eigenvalue weighted by Gasteiger charge is -2.34. The van der Waals surface area contributed by atoms with Crippen LogP contribution in [0.1, 0.15) is 18.4 Å².